The molecule has 2 aromatic rings. The summed E-state index contributed by atoms with van der Waals surface area (Å²) >= 11 is 0. The van der Waals surface area contributed by atoms with Gasteiger partial charge in [-0.15, -0.1) is 0 Å². The fourth-order valence-electron chi connectivity index (χ4n) is 4.25. The third-order valence-corrected chi connectivity index (χ3v) is 5.49. The number of hydrogen-bond donors (Lipinski definition) is 2. The second-order valence-electron chi connectivity index (χ2n) is 7.57. The standard InChI is InChI=1S/C18H24N4O/c1-10-6-5-7-11-15(10)22(4)21-16(11)18(2,3)20-17(23)14-12-8-19-9-13(12)14/h5-7,12-14,19H,8-9H2,1-4H3,(H,20,23)/t12-,13?,14?/m1/s1. The van der Waals surface area contributed by atoms with E-state index < -0.39 is 5.54 Å². The molecule has 1 aromatic heterocycles. The molecule has 2 N–H and O–H groups in total. The van der Waals surface area contributed by atoms with Gasteiger partial charge in [0, 0.05) is 18.4 Å². The average Bonchev–Trinajstić information content (AvgIpc) is 2.81. The Labute approximate surface area is 136 Å². The van der Waals surface area contributed by atoms with Crippen LogP contribution < -0.4 is 10.6 Å². The first kappa shape index (κ1) is 14.7. The van der Waals surface area contributed by atoms with Crippen molar-refractivity contribution in [3.63, 3.8) is 0 Å². The Balaban J connectivity index is 1.64. The summed E-state index contributed by atoms with van der Waals surface area (Å²) in [5, 5.41) is 12.4. The topological polar surface area (TPSA) is 59.0 Å². The van der Waals surface area contributed by atoms with Gasteiger partial charge in [-0.1, -0.05) is 18.2 Å². The van der Waals surface area contributed by atoms with Gasteiger partial charge in [0.1, 0.15) is 0 Å². The van der Waals surface area contributed by atoms with E-state index >= 15 is 0 Å². The average molecular weight is 312 g/mol. The zero-order valence-corrected chi connectivity index (χ0v) is 14.2. The second kappa shape index (κ2) is 4.81. The van der Waals surface area contributed by atoms with Gasteiger partial charge in [-0.3, -0.25) is 9.48 Å². The van der Waals surface area contributed by atoms with E-state index in [-0.39, 0.29) is 11.8 Å². The Hall–Kier alpha value is -1.88. The molecule has 0 bridgehead atoms. The molecule has 1 aromatic carbocycles. The van der Waals surface area contributed by atoms with Crippen LogP contribution >= 0.6 is 0 Å². The first-order valence-corrected chi connectivity index (χ1v) is 8.35. The van der Waals surface area contributed by atoms with Gasteiger partial charge in [0.15, 0.2) is 0 Å². The number of amides is 1. The molecule has 1 aliphatic carbocycles. The number of fused-ring (bicyclic) bond motifs is 2. The highest BCUT2D eigenvalue weighted by molar-refractivity contribution is 5.88. The molecule has 5 heteroatoms. The van der Waals surface area contributed by atoms with Crippen molar-refractivity contribution >= 4 is 16.8 Å². The highest BCUT2D eigenvalue weighted by Crippen LogP contribution is 2.49. The first-order valence-electron chi connectivity index (χ1n) is 8.35. The van der Waals surface area contributed by atoms with E-state index in [1.54, 1.807) is 0 Å². The molecule has 3 atom stereocenters. The van der Waals surface area contributed by atoms with E-state index in [2.05, 4.69) is 35.8 Å². The largest absolute Gasteiger partial charge is 0.345 e. The lowest BCUT2D eigenvalue weighted by atomic mass is 9.96. The third-order valence-electron chi connectivity index (χ3n) is 5.49. The molecule has 2 unspecified atom stereocenters. The van der Waals surface area contributed by atoms with E-state index in [4.69, 9.17) is 5.10 Å². The minimum absolute atomic E-state index is 0.179. The summed E-state index contributed by atoms with van der Waals surface area (Å²) in [6.45, 7) is 8.15. The zero-order chi connectivity index (χ0) is 16.4. The molecule has 1 saturated heterocycles. The summed E-state index contributed by atoms with van der Waals surface area (Å²) in [6, 6.07) is 6.24. The van der Waals surface area contributed by atoms with Crippen LogP contribution in [0.5, 0.6) is 0 Å². The fraction of sp³-hybridized carbons (Fsp3) is 0.556. The number of rotatable bonds is 3. The van der Waals surface area contributed by atoms with Crippen molar-refractivity contribution < 1.29 is 4.79 Å². The van der Waals surface area contributed by atoms with Gasteiger partial charge in [-0.05, 0) is 51.3 Å². The van der Waals surface area contributed by atoms with E-state index in [0.717, 1.165) is 29.7 Å². The lowest BCUT2D eigenvalue weighted by Crippen LogP contribution is -2.43. The number of para-hydroxylation sites is 1. The van der Waals surface area contributed by atoms with Crippen LogP contribution in [0.25, 0.3) is 10.9 Å². The van der Waals surface area contributed by atoms with Gasteiger partial charge in [-0.2, -0.15) is 5.10 Å². The Bertz CT molecular complexity index is 782. The lowest BCUT2D eigenvalue weighted by molar-refractivity contribution is -0.124. The van der Waals surface area contributed by atoms with Crippen molar-refractivity contribution in [1.29, 1.82) is 0 Å². The smallest absolute Gasteiger partial charge is 0.224 e. The van der Waals surface area contributed by atoms with Crippen LogP contribution in [0.4, 0.5) is 0 Å². The Morgan fingerprint density at radius 1 is 1.35 bits per heavy atom. The molecule has 2 aliphatic rings. The number of nitrogens with zero attached hydrogens (tertiary/aromatic N) is 2. The number of nitrogens with one attached hydrogen (secondary N) is 2. The molecular formula is C18H24N4O. The van der Waals surface area contributed by atoms with E-state index in [1.165, 1.54) is 5.56 Å². The van der Waals surface area contributed by atoms with Gasteiger partial charge < -0.3 is 10.6 Å². The number of benzene rings is 1. The van der Waals surface area contributed by atoms with Crippen LogP contribution in [0.3, 0.4) is 0 Å². The maximum absolute atomic E-state index is 12.6. The van der Waals surface area contributed by atoms with Crippen molar-refractivity contribution in [2.24, 2.45) is 24.8 Å². The normalized spacial score (nSPS) is 26.3. The molecule has 0 radical (unpaired) electrons. The van der Waals surface area contributed by atoms with Crippen LogP contribution in [-0.4, -0.2) is 28.8 Å². The third kappa shape index (κ3) is 2.17. The summed E-state index contributed by atoms with van der Waals surface area (Å²) in [6.07, 6.45) is 0. The van der Waals surface area contributed by atoms with Crippen LogP contribution in [0, 0.1) is 24.7 Å². The number of aryl methyl sites for hydroxylation is 2. The molecule has 1 aliphatic heterocycles. The highest BCUT2D eigenvalue weighted by Gasteiger charge is 2.57. The lowest BCUT2D eigenvalue weighted by Gasteiger charge is -2.25. The quantitative estimate of drug-likeness (QED) is 0.907. The van der Waals surface area contributed by atoms with E-state index in [9.17, 15) is 4.79 Å². The van der Waals surface area contributed by atoms with Gasteiger partial charge in [0.05, 0.1) is 16.7 Å². The number of carbonyl (C=O) groups excluding carboxylic acids is 1. The molecule has 4 rings (SSSR count). The summed E-state index contributed by atoms with van der Waals surface area (Å²) in [4.78, 5) is 12.6. The number of carbonyl (C=O) groups is 1. The summed E-state index contributed by atoms with van der Waals surface area (Å²) in [5.41, 5.74) is 2.80. The summed E-state index contributed by atoms with van der Waals surface area (Å²) in [5.74, 6) is 1.44. The predicted octanol–water partition coefficient (Wildman–Crippen LogP) is 1.70. The van der Waals surface area contributed by atoms with E-state index in [0.29, 0.717) is 11.8 Å². The van der Waals surface area contributed by atoms with Crippen molar-refractivity contribution in [3.8, 4) is 0 Å². The molecule has 2 heterocycles. The highest BCUT2D eigenvalue weighted by atomic mass is 16.2. The number of piperidine rings is 1. The van der Waals surface area contributed by atoms with Gasteiger partial charge in [0.2, 0.25) is 5.91 Å². The van der Waals surface area contributed by atoms with E-state index in [1.807, 2.05) is 25.6 Å². The number of hydrogen-bond acceptors (Lipinski definition) is 3. The Kier molecular flexibility index (Phi) is 3.07. The summed E-state index contributed by atoms with van der Waals surface area (Å²) in [7, 11) is 1.97. The monoisotopic (exact) mass is 312 g/mol. The van der Waals surface area contributed by atoms with Gasteiger partial charge >= 0.3 is 0 Å². The zero-order valence-electron chi connectivity index (χ0n) is 14.2. The molecule has 1 saturated carbocycles. The van der Waals surface area contributed by atoms with Gasteiger partial charge in [0.25, 0.3) is 0 Å². The molecule has 5 nitrogen and oxygen atoms in total. The molecule has 1 amide bonds. The van der Waals surface area contributed by atoms with Crippen molar-refractivity contribution in [2.75, 3.05) is 13.1 Å². The van der Waals surface area contributed by atoms with Crippen molar-refractivity contribution in [3.05, 3.63) is 29.5 Å². The van der Waals surface area contributed by atoms with Crippen molar-refractivity contribution in [1.82, 2.24) is 20.4 Å². The minimum Gasteiger partial charge on any atom is -0.345 e. The molecular weight excluding hydrogens is 288 g/mol. The molecule has 2 fully saturated rings. The second-order valence-corrected chi connectivity index (χ2v) is 7.57. The Morgan fingerprint density at radius 2 is 2.04 bits per heavy atom. The maximum Gasteiger partial charge on any atom is 0.224 e. The maximum atomic E-state index is 12.6. The molecule has 0 spiro atoms. The predicted molar refractivity (Wildman–Crippen MR) is 90.0 cm³/mol. The van der Waals surface area contributed by atoms with Crippen LogP contribution in [0.1, 0.15) is 25.1 Å². The fourth-order valence-corrected chi connectivity index (χ4v) is 4.25. The van der Waals surface area contributed by atoms with Crippen LogP contribution in [-0.2, 0) is 17.4 Å². The van der Waals surface area contributed by atoms with Gasteiger partial charge in [-0.25, -0.2) is 0 Å². The number of aromatic nitrogens is 2. The SMILES string of the molecule is Cc1cccc2c(C(C)(C)NC(=O)C3C4CNC[C@H]43)nn(C)c12. The molecule has 122 valence electrons. The van der Waals surface area contributed by atoms with Crippen molar-refractivity contribution in [2.45, 2.75) is 26.3 Å². The van der Waals surface area contributed by atoms with Crippen LogP contribution in [0.15, 0.2) is 18.2 Å². The molecule has 23 heavy (non-hydrogen) atoms. The first-order chi connectivity index (χ1) is 10.9. The Morgan fingerprint density at radius 3 is 2.74 bits per heavy atom. The summed E-state index contributed by atoms with van der Waals surface area (Å²) < 4.78 is 1.92. The minimum atomic E-state index is -0.477. The van der Waals surface area contributed by atoms with Crippen LogP contribution in [0.2, 0.25) is 0 Å².